The van der Waals surface area contributed by atoms with Gasteiger partial charge in [-0.2, -0.15) is 0 Å². The number of phenolic OH excluding ortho intramolecular Hbond substituents is 1. The quantitative estimate of drug-likeness (QED) is 0.867. The fourth-order valence-corrected chi connectivity index (χ4v) is 3.37. The zero-order chi connectivity index (χ0) is 13.4. The van der Waals surface area contributed by atoms with Gasteiger partial charge in [0.05, 0.1) is 0 Å². The van der Waals surface area contributed by atoms with Crippen LogP contribution < -0.4 is 0 Å². The molecule has 0 radical (unpaired) electrons. The van der Waals surface area contributed by atoms with Gasteiger partial charge in [-0.15, -0.1) is 11.3 Å². The molecule has 1 amide bonds. The van der Waals surface area contributed by atoms with Gasteiger partial charge >= 0.3 is 0 Å². The number of amides is 1. The summed E-state index contributed by atoms with van der Waals surface area (Å²) in [6, 6.07) is 7.01. The number of phenols is 1. The predicted octanol–water partition coefficient (Wildman–Crippen LogP) is 2.96. The molecule has 1 aromatic heterocycles. The molecule has 0 spiro atoms. The standard InChI is InChI=1S/C15H15NO2S/c1-10-8-12(17)2-3-13(10)15(18)16-6-4-14-11(9-16)5-7-19-14/h2-3,5,7-8,17H,4,6,9H2,1H3. The van der Waals surface area contributed by atoms with E-state index in [0.717, 1.165) is 18.5 Å². The summed E-state index contributed by atoms with van der Waals surface area (Å²) in [7, 11) is 0. The Bertz CT molecular complexity index is 633. The molecule has 98 valence electrons. The van der Waals surface area contributed by atoms with Gasteiger partial charge in [0.25, 0.3) is 5.91 Å². The molecular formula is C15H15NO2S. The first-order chi connectivity index (χ1) is 9.15. The van der Waals surface area contributed by atoms with E-state index in [1.54, 1.807) is 29.5 Å². The second-order valence-corrected chi connectivity index (χ2v) is 5.85. The molecule has 0 atom stereocenters. The lowest BCUT2D eigenvalue weighted by molar-refractivity contribution is 0.0735. The third kappa shape index (κ3) is 2.24. The highest BCUT2D eigenvalue weighted by atomic mass is 32.1. The number of hydrogen-bond donors (Lipinski definition) is 1. The van der Waals surface area contributed by atoms with Gasteiger partial charge in [-0.05, 0) is 54.1 Å². The molecule has 2 aromatic rings. The number of aromatic hydroxyl groups is 1. The smallest absolute Gasteiger partial charge is 0.254 e. The van der Waals surface area contributed by atoms with Gasteiger partial charge in [0.2, 0.25) is 0 Å². The maximum atomic E-state index is 12.5. The average molecular weight is 273 g/mol. The number of hydrogen-bond acceptors (Lipinski definition) is 3. The highest BCUT2D eigenvalue weighted by Gasteiger charge is 2.23. The van der Waals surface area contributed by atoms with Crippen LogP contribution in [0.15, 0.2) is 29.6 Å². The summed E-state index contributed by atoms with van der Waals surface area (Å²) >= 11 is 1.77. The van der Waals surface area contributed by atoms with Gasteiger partial charge in [0.15, 0.2) is 0 Å². The van der Waals surface area contributed by atoms with Crippen molar-refractivity contribution in [3.63, 3.8) is 0 Å². The van der Waals surface area contributed by atoms with E-state index in [1.807, 2.05) is 11.8 Å². The number of carbonyl (C=O) groups excluding carboxylic acids is 1. The van der Waals surface area contributed by atoms with Crippen molar-refractivity contribution < 1.29 is 9.90 Å². The van der Waals surface area contributed by atoms with Crippen molar-refractivity contribution in [3.05, 3.63) is 51.2 Å². The maximum absolute atomic E-state index is 12.5. The highest BCUT2D eigenvalue weighted by molar-refractivity contribution is 7.10. The molecule has 0 aliphatic carbocycles. The molecule has 19 heavy (non-hydrogen) atoms. The molecular weight excluding hydrogens is 258 g/mol. The van der Waals surface area contributed by atoms with Crippen LogP contribution in [0.4, 0.5) is 0 Å². The molecule has 3 nitrogen and oxygen atoms in total. The van der Waals surface area contributed by atoms with E-state index in [9.17, 15) is 9.90 Å². The minimum absolute atomic E-state index is 0.0503. The molecule has 1 aliphatic heterocycles. The molecule has 0 bridgehead atoms. The number of nitrogens with zero attached hydrogens (tertiary/aromatic N) is 1. The predicted molar refractivity (Wildman–Crippen MR) is 75.6 cm³/mol. The minimum Gasteiger partial charge on any atom is -0.508 e. The normalized spacial score (nSPS) is 14.3. The maximum Gasteiger partial charge on any atom is 0.254 e. The van der Waals surface area contributed by atoms with E-state index in [1.165, 1.54) is 10.4 Å². The Morgan fingerprint density at radius 1 is 1.37 bits per heavy atom. The lowest BCUT2D eigenvalue weighted by Crippen LogP contribution is -2.35. The lowest BCUT2D eigenvalue weighted by Gasteiger charge is -2.27. The SMILES string of the molecule is Cc1cc(O)ccc1C(=O)N1CCc2sccc2C1. The Morgan fingerprint density at radius 3 is 3.00 bits per heavy atom. The average Bonchev–Trinajstić information content (AvgIpc) is 2.85. The molecule has 4 heteroatoms. The van der Waals surface area contributed by atoms with Crippen molar-refractivity contribution in [2.45, 2.75) is 19.9 Å². The fraction of sp³-hybridized carbons (Fsp3) is 0.267. The van der Waals surface area contributed by atoms with E-state index in [4.69, 9.17) is 0 Å². The molecule has 0 unspecified atom stereocenters. The lowest BCUT2D eigenvalue weighted by atomic mass is 10.0. The van der Waals surface area contributed by atoms with Gasteiger partial charge in [0.1, 0.15) is 5.75 Å². The van der Waals surface area contributed by atoms with Gasteiger partial charge in [-0.25, -0.2) is 0 Å². The van der Waals surface area contributed by atoms with Crippen LogP contribution in [0.1, 0.15) is 26.4 Å². The van der Waals surface area contributed by atoms with Crippen LogP contribution in [-0.4, -0.2) is 22.5 Å². The third-order valence-electron chi connectivity index (χ3n) is 3.54. The summed E-state index contributed by atoms with van der Waals surface area (Å²) in [6.45, 7) is 3.32. The fourth-order valence-electron chi connectivity index (χ4n) is 2.48. The van der Waals surface area contributed by atoms with E-state index < -0.39 is 0 Å². The minimum atomic E-state index is 0.0503. The van der Waals surface area contributed by atoms with Gasteiger partial charge < -0.3 is 10.0 Å². The Balaban J connectivity index is 1.85. The number of carbonyl (C=O) groups is 1. The summed E-state index contributed by atoms with van der Waals surface area (Å²) in [5.41, 5.74) is 2.76. The van der Waals surface area contributed by atoms with Gasteiger partial charge in [-0.1, -0.05) is 0 Å². The van der Waals surface area contributed by atoms with Crippen molar-refractivity contribution in [1.82, 2.24) is 4.90 Å². The molecule has 2 heterocycles. The van der Waals surface area contributed by atoms with Crippen molar-refractivity contribution in [1.29, 1.82) is 0 Å². The third-order valence-corrected chi connectivity index (χ3v) is 4.56. The van der Waals surface area contributed by atoms with Crippen molar-refractivity contribution in [2.24, 2.45) is 0 Å². The summed E-state index contributed by atoms with van der Waals surface area (Å²) in [5.74, 6) is 0.252. The summed E-state index contributed by atoms with van der Waals surface area (Å²) < 4.78 is 0. The molecule has 1 aromatic carbocycles. The van der Waals surface area contributed by atoms with Crippen molar-refractivity contribution >= 4 is 17.2 Å². The van der Waals surface area contributed by atoms with Crippen molar-refractivity contribution in [3.8, 4) is 5.75 Å². The zero-order valence-electron chi connectivity index (χ0n) is 10.7. The molecule has 1 aliphatic rings. The van der Waals surface area contributed by atoms with Crippen LogP contribution >= 0.6 is 11.3 Å². The van der Waals surface area contributed by atoms with E-state index in [2.05, 4.69) is 11.4 Å². The first-order valence-electron chi connectivity index (χ1n) is 6.29. The Hall–Kier alpha value is -1.81. The Labute approximate surface area is 116 Å². The van der Waals surface area contributed by atoms with Crippen LogP contribution in [0.3, 0.4) is 0 Å². The van der Waals surface area contributed by atoms with E-state index >= 15 is 0 Å². The van der Waals surface area contributed by atoms with Crippen LogP contribution in [0, 0.1) is 6.92 Å². The zero-order valence-corrected chi connectivity index (χ0v) is 11.5. The second kappa shape index (κ2) is 4.70. The number of rotatable bonds is 1. The molecule has 0 saturated carbocycles. The molecule has 3 rings (SSSR count). The number of aryl methyl sites for hydroxylation is 1. The summed E-state index contributed by atoms with van der Waals surface area (Å²) in [6.07, 6.45) is 0.940. The number of thiophene rings is 1. The molecule has 0 fully saturated rings. The van der Waals surface area contributed by atoms with Gasteiger partial charge in [-0.3, -0.25) is 4.79 Å². The monoisotopic (exact) mass is 273 g/mol. The Kier molecular flexibility index (Phi) is 3.03. The van der Waals surface area contributed by atoms with Crippen LogP contribution in [0.5, 0.6) is 5.75 Å². The number of fused-ring (bicyclic) bond motifs is 1. The Morgan fingerprint density at radius 2 is 2.21 bits per heavy atom. The second-order valence-electron chi connectivity index (χ2n) is 4.84. The summed E-state index contributed by atoms with van der Waals surface area (Å²) in [5, 5.41) is 11.5. The largest absolute Gasteiger partial charge is 0.508 e. The van der Waals surface area contributed by atoms with Crippen LogP contribution in [0.2, 0.25) is 0 Å². The first kappa shape index (κ1) is 12.2. The first-order valence-corrected chi connectivity index (χ1v) is 7.17. The van der Waals surface area contributed by atoms with E-state index in [0.29, 0.717) is 12.1 Å². The van der Waals surface area contributed by atoms with Crippen LogP contribution in [0.25, 0.3) is 0 Å². The summed E-state index contributed by atoms with van der Waals surface area (Å²) in [4.78, 5) is 15.8. The number of benzene rings is 1. The van der Waals surface area contributed by atoms with Gasteiger partial charge in [0, 0.05) is 23.5 Å². The van der Waals surface area contributed by atoms with E-state index in [-0.39, 0.29) is 11.7 Å². The molecule has 0 saturated heterocycles. The highest BCUT2D eigenvalue weighted by Crippen LogP contribution is 2.26. The topological polar surface area (TPSA) is 40.5 Å². The van der Waals surface area contributed by atoms with Crippen molar-refractivity contribution in [2.75, 3.05) is 6.54 Å². The molecule has 1 N–H and O–H groups in total. The van der Waals surface area contributed by atoms with Crippen LogP contribution in [-0.2, 0) is 13.0 Å².